The molecule has 0 saturated heterocycles. The molecule has 0 radical (unpaired) electrons. The van der Waals surface area contributed by atoms with Gasteiger partial charge in [0.25, 0.3) is 5.91 Å². The molecule has 1 atom stereocenters. The third kappa shape index (κ3) is 6.18. The molecule has 0 unspecified atom stereocenters. The van der Waals surface area contributed by atoms with E-state index in [1.165, 1.54) is 18.2 Å². The summed E-state index contributed by atoms with van der Waals surface area (Å²) in [6.07, 6.45) is -1.24. The lowest BCUT2D eigenvalue weighted by Gasteiger charge is -2.15. The Morgan fingerprint density at radius 1 is 1.09 bits per heavy atom. The number of hydrogen-bond acceptors (Lipinski definition) is 5. The minimum absolute atomic E-state index is 0. The highest BCUT2D eigenvalue weighted by Crippen LogP contribution is 2.32. The number of amides is 1. The molecule has 2 heterocycles. The number of nitrogens with one attached hydrogen (secondary N) is 2. The van der Waals surface area contributed by atoms with Gasteiger partial charge in [-0.2, -0.15) is 13.2 Å². The van der Waals surface area contributed by atoms with Gasteiger partial charge in [-0.1, -0.05) is 13.5 Å². The van der Waals surface area contributed by atoms with Crippen LogP contribution in [0.25, 0.3) is 22.4 Å². The van der Waals surface area contributed by atoms with Crippen molar-refractivity contribution in [2.45, 2.75) is 24.5 Å². The van der Waals surface area contributed by atoms with Gasteiger partial charge in [0.15, 0.2) is 0 Å². The van der Waals surface area contributed by atoms with Crippen molar-refractivity contribution in [3.05, 3.63) is 78.1 Å². The number of carboxylic acids is 1. The van der Waals surface area contributed by atoms with Crippen LogP contribution < -0.4 is 5.32 Å². The van der Waals surface area contributed by atoms with Crippen LogP contribution in [0.3, 0.4) is 0 Å². The number of carboxylic acid groups (broad SMARTS) is 1. The first kappa shape index (κ1) is 25.8. The standard InChI is InChI=1S/C23H17F3N4O3S.CH4/c24-23(25,26)15-2-1-3-16(11-15)34-12-19(22(32)33)30-21(31)14-4-5-17-18(10-14)29-20(28-17)13-6-8-27-9-7-13;/h1-11,19H,12H2,(H,28,29)(H,30,31)(H,32,33);1H4/t19-;/m0./s1. The topological polar surface area (TPSA) is 108 Å². The van der Waals surface area contributed by atoms with Gasteiger partial charge in [0.1, 0.15) is 11.9 Å². The fraction of sp³-hybridized carbons (Fsp3) is 0.167. The van der Waals surface area contributed by atoms with Crippen LogP contribution >= 0.6 is 11.8 Å². The summed E-state index contributed by atoms with van der Waals surface area (Å²) in [5.74, 6) is -1.48. The molecular formula is C24H21F3N4O3S. The highest BCUT2D eigenvalue weighted by atomic mass is 32.2. The molecule has 0 bridgehead atoms. The molecule has 3 N–H and O–H groups in total. The number of hydrogen-bond donors (Lipinski definition) is 3. The lowest BCUT2D eigenvalue weighted by molar-refractivity contribution is -0.139. The number of carbonyl (C=O) groups excluding carboxylic acids is 1. The number of carbonyl (C=O) groups is 2. The Balaban J connectivity index is 0.00000342. The van der Waals surface area contributed by atoms with Crippen LogP contribution in [-0.2, 0) is 11.0 Å². The second-order valence-corrected chi connectivity index (χ2v) is 8.35. The van der Waals surface area contributed by atoms with Gasteiger partial charge in [-0.05, 0) is 48.5 Å². The maximum absolute atomic E-state index is 12.9. The number of aromatic nitrogens is 3. The van der Waals surface area contributed by atoms with E-state index in [4.69, 9.17) is 0 Å². The number of nitrogens with zero attached hydrogens (tertiary/aromatic N) is 2. The van der Waals surface area contributed by atoms with Gasteiger partial charge in [0, 0.05) is 34.2 Å². The fourth-order valence-corrected chi connectivity index (χ4v) is 4.13. The van der Waals surface area contributed by atoms with E-state index in [2.05, 4.69) is 20.3 Å². The van der Waals surface area contributed by atoms with Crippen LogP contribution in [0.1, 0.15) is 23.3 Å². The molecule has 0 spiro atoms. The Bertz CT molecular complexity index is 1340. The van der Waals surface area contributed by atoms with Crippen molar-refractivity contribution < 1.29 is 27.9 Å². The molecule has 2 aromatic heterocycles. The molecule has 4 rings (SSSR count). The van der Waals surface area contributed by atoms with E-state index in [1.54, 1.807) is 36.7 Å². The molecule has 0 saturated carbocycles. The Labute approximate surface area is 202 Å². The molecule has 182 valence electrons. The van der Waals surface area contributed by atoms with Crippen molar-refractivity contribution in [2.24, 2.45) is 0 Å². The number of rotatable bonds is 7. The fourth-order valence-electron chi connectivity index (χ4n) is 3.16. The Morgan fingerprint density at radius 2 is 1.83 bits per heavy atom. The van der Waals surface area contributed by atoms with E-state index < -0.39 is 29.7 Å². The van der Waals surface area contributed by atoms with Crippen LogP contribution in [-0.4, -0.2) is 43.7 Å². The Kier molecular flexibility index (Phi) is 7.80. The third-order valence-electron chi connectivity index (χ3n) is 4.88. The number of fused-ring (bicyclic) bond motifs is 1. The molecule has 0 aliphatic heterocycles. The van der Waals surface area contributed by atoms with Crippen LogP contribution in [0.15, 0.2) is 71.9 Å². The molecule has 2 aromatic carbocycles. The predicted molar refractivity (Wildman–Crippen MR) is 127 cm³/mol. The molecule has 7 nitrogen and oxygen atoms in total. The van der Waals surface area contributed by atoms with Crippen molar-refractivity contribution in [3.8, 4) is 11.4 Å². The van der Waals surface area contributed by atoms with E-state index in [9.17, 15) is 27.9 Å². The number of halogens is 3. The molecule has 35 heavy (non-hydrogen) atoms. The van der Waals surface area contributed by atoms with E-state index in [1.807, 2.05) is 0 Å². The molecule has 0 fully saturated rings. The monoisotopic (exact) mass is 502 g/mol. The Morgan fingerprint density at radius 3 is 2.51 bits per heavy atom. The van der Waals surface area contributed by atoms with E-state index in [0.717, 1.165) is 29.5 Å². The van der Waals surface area contributed by atoms with E-state index in [0.29, 0.717) is 16.9 Å². The smallest absolute Gasteiger partial charge is 0.416 e. The summed E-state index contributed by atoms with van der Waals surface area (Å²) in [5, 5.41) is 11.9. The number of thioether (sulfide) groups is 1. The van der Waals surface area contributed by atoms with Crippen LogP contribution in [0.4, 0.5) is 13.2 Å². The van der Waals surface area contributed by atoms with Crippen molar-refractivity contribution >= 4 is 34.7 Å². The van der Waals surface area contributed by atoms with Gasteiger partial charge < -0.3 is 15.4 Å². The summed E-state index contributed by atoms with van der Waals surface area (Å²) in [6, 6.07) is 11.6. The highest BCUT2D eigenvalue weighted by molar-refractivity contribution is 7.99. The van der Waals surface area contributed by atoms with Gasteiger partial charge in [0.2, 0.25) is 0 Å². The van der Waals surface area contributed by atoms with Crippen molar-refractivity contribution in [2.75, 3.05) is 5.75 Å². The molecular weight excluding hydrogens is 481 g/mol. The maximum Gasteiger partial charge on any atom is 0.416 e. The van der Waals surface area contributed by atoms with Gasteiger partial charge in [-0.25, -0.2) is 9.78 Å². The first-order chi connectivity index (χ1) is 16.2. The normalized spacial score (nSPS) is 12.1. The molecule has 0 aliphatic rings. The zero-order chi connectivity index (χ0) is 24.3. The molecule has 1 amide bonds. The molecule has 11 heteroatoms. The number of aromatic amines is 1. The number of imidazole rings is 1. The number of aliphatic carboxylic acids is 1. The maximum atomic E-state index is 12.9. The third-order valence-corrected chi connectivity index (χ3v) is 5.97. The summed E-state index contributed by atoms with van der Waals surface area (Å²) >= 11 is 0.911. The second-order valence-electron chi connectivity index (χ2n) is 7.25. The lowest BCUT2D eigenvalue weighted by atomic mass is 10.1. The number of alkyl halides is 3. The quantitative estimate of drug-likeness (QED) is 0.298. The summed E-state index contributed by atoms with van der Waals surface area (Å²) in [5.41, 5.74) is 1.41. The van der Waals surface area contributed by atoms with Crippen LogP contribution in [0.2, 0.25) is 0 Å². The molecule has 4 aromatic rings. The lowest BCUT2D eigenvalue weighted by Crippen LogP contribution is -2.42. The summed E-state index contributed by atoms with van der Waals surface area (Å²) in [4.78, 5) is 36.1. The number of pyridine rings is 1. The van der Waals surface area contributed by atoms with Crippen molar-refractivity contribution in [1.82, 2.24) is 20.3 Å². The van der Waals surface area contributed by atoms with Crippen LogP contribution in [0.5, 0.6) is 0 Å². The number of H-pyrrole nitrogens is 1. The van der Waals surface area contributed by atoms with Gasteiger partial charge in [-0.3, -0.25) is 9.78 Å². The first-order valence-corrected chi connectivity index (χ1v) is 10.9. The van der Waals surface area contributed by atoms with Crippen LogP contribution in [0, 0.1) is 0 Å². The predicted octanol–water partition coefficient (Wildman–Crippen LogP) is 5.26. The number of benzene rings is 2. The minimum atomic E-state index is -4.50. The van der Waals surface area contributed by atoms with Crippen molar-refractivity contribution in [1.29, 1.82) is 0 Å². The van der Waals surface area contributed by atoms with Gasteiger partial charge >= 0.3 is 12.1 Å². The Hall–Kier alpha value is -3.86. The van der Waals surface area contributed by atoms with Gasteiger partial charge in [0.05, 0.1) is 16.6 Å². The average Bonchev–Trinajstić information content (AvgIpc) is 3.25. The minimum Gasteiger partial charge on any atom is -0.480 e. The summed E-state index contributed by atoms with van der Waals surface area (Å²) < 4.78 is 38.7. The van der Waals surface area contributed by atoms with E-state index >= 15 is 0 Å². The largest absolute Gasteiger partial charge is 0.480 e. The summed E-state index contributed by atoms with van der Waals surface area (Å²) in [6.45, 7) is 0. The van der Waals surface area contributed by atoms with Crippen molar-refractivity contribution in [3.63, 3.8) is 0 Å². The first-order valence-electron chi connectivity index (χ1n) is 9.94. The van der Waals surface area contributed by atoms with Gasteiger partial charge in [-0.15, -0.1) is 11.8 Å². The average molecular weight is 503 g/mol. The SMILES string of the molecule is C.O=C(N[C@@H](CSc1cccc(C(F)(F)F)c1)C(=O)O)c1ccc2nc(-c3ccncc3)[nH]c2c1. The zero-order valence-corrected chi connectivity index (χ0v) is 18.2. The highest BCUT2D eigenvalue weighted by Gasteiger charge is 2.30. The molecule has 0 aliphatic carbocycles. The zero-order valence-electron chi connectivity index (χ0n) is 17.3. The summed E-state index contributed by atoms with van der Waals surface area (Å²) in [7, 11) is 0. The van der Waals surface area contributed by atoms with E-state index in [-0.39, 0.29) is 23.6 Å². The second kappa shape index (κ2) is 10.6.